The summed E-state index contributed by atoms with van der Waals surface area (Å²) in [5, 5.41) is 4.88. The van der Waals surface area contributed by atoms with Crippen LogP contribution in [0.15, 0.2) is 297 Å². The molecule has 0 amide bonds. The van der Waals surface area contributed by atoms with Gasteiger partial charge in [-0.2, -0.15) is 0 Å². The minimum Gasteiger partial charge on any atom is -0.309 e. The molecule has 15 aromatic rings. The van der Waals surface area contributed by atoms with Gasteiger partial charge in [0.2, 0.25) is 0 Å². The zero-order valence-electron chi connectivity index (χ0n) is 59.2. The second-order valence-electron chi connectivity index (χ2n) is 18.6. The maximum absolute atomic E-state index is 10.5. The van der Waals surface area contributed by atoms with Crippen molar-refractivity contribution < 1.29 is 26.0 Å². The SMILES string of the molecule is [2H]c1c([2H])c([2H])c(-c2c([2H])c([2H])c3c(c2[2H])c2c([2H])c([2H])c([2H])c([2H])c2n3-c2c([2H])c([2H])c3c(c2[2H])c2c([2H])c([2H])c([2H])c([2H])c2n3-c2cc(-c3cccc([Si](c4ccccc4)(c4ccccc4)c4ccccc4)c3)cc(-n3c4ccccc4c4ccccc43)c2)c([2H])c1[2H]. The Morgan fingerprint density at radius 1 is 0.250 bits per heavy atom. The van der Waals surface area contributed by atoms with Gasteiger partial charge in [0.1, 0.15) is 0 Å². The van der Waals surface area contributed by atoms with Crippen LogP contribution in [-0.4, -0.2) is 21.8 Å². The highest BCUT2D eigenvalue weighted by Crippen LogP contribution is 2.41. The molecule has 0 radical (unpaired) electrons. The van der Waals surface area contributed by atoms with Crippen molar-refractivity contribution in [3.63, 3.8) is 0 Å². The van der Waals surface area contributed by atoms with Crippen molar-refractivity contribution in [1.82, 2.24) is 13.7 Å². The van der Waals surface area contributed by atoms with Gasteiger partial charge in [-0.05, 0) is 116 Å². The van der Waals surface area contributed by atoms with E-state index >= 15 is 0 Å². The molecule has 3 heterocycles. The summed E-state index contributed by atoms with van der Waals surface area (Å²) >= 11 is 0. The first-order chi connectivity index (χ1) is 45.6. The van der Waals surface area contributed by atoms with E-state index in [0.29, 0.717) is 11.3 Å². The van der Waals surface area contributed by atoms with Crippen LogP contribution in [0.4, 0.5) is 0 Å². The molecule has 0 saturated carbocycles. The first kappa shape index (κ1) is 28.6. The molecule has 0 unspecified atom stereocenters. The van der Waals surface area contributed by atoms with Gasteiger partial charge in [-0.1, -0.05) is 224 Å². The summed E-state index contributed by atoms with van der Waals surface area (Å²) in [5.74, 6) is 0. The summed E-state index contributed by atoms with van der Waals surface area (Å²) in [5.41, 5.74) is 0.628. The Balaban J connectivity index is 1.08. The maximum Gasteiger partial charge on any atom is 0.179 e. The molecule has 4 heteroatoms. The number of rotatable bonds is 9. The van der Waals surface area contributed by atoms with Crippen LogP contribution in [0, 0.1) is 0 Å². The van der Waals surface area contributed by atoms with E-state index in [0.717, 1.165) is 52.7 Å². The van der Waals surface area contributed by atoms with E-state index in [2.05, 4.69) is 53.1 Å². The molecule has 3 aromatic heterocycles. The molecule has 76 heavy (non-hydrogen) atoms. The standard InChI is InChI=1S/C72H49N3Si/c1-5-22-50(23-6-1)52-40-42-71-65(47-52)63-34-15-19-38-69(63)73(71)54-41-43-72-66(49-54)64-35-16-20-39-70(64)75(72)56-45-53(44-55(48-56)74-67-36-17-13-32-61(67)62-33-14-18-37-68(62)74)51-24-21-31-60(46-51)76(57-25-7-2-8-26-57,58-27-9-3-10-28-58)59-29-11-4-12-30-59/h1-49H/i1D,5D,6D,15D,16D,19D,20D,22D,23D,34D,35D,38D,39D,40D,41D,42D,43D,47D,49D. The molecular weight excluding hydrogens is 935 g/mol. The lowest BCUT2D eigenvalue weighted by molar-refractivity contribution is 1.13. The van der Waals surface area contributed by atoms with Crippen molar-refractivity contribution in [1.29, 1.82) is 0 Å². The van der Waals surface area contributed by atoms with Gasteiger partial charge in [-0.25, -0.2) is 0 Å². The molecular formula is C72H49N3Si. The molecule has 15 rings (SSSR count). The van der Waals surface area contributed by atoms with Gasteiger partial charge >= 0.3 is 0 Å². The maximum atomic E-state index is 10.5. The van der Waals surface area contributed by atoms with E-state index in [1.165, 1.54) is 4.57 Å². The van der Waals surface area contributed by atoms with E-state index in [-0.39, 0.29) is 27.5 Å². The van der Waals surface area contributed by atoms with Crippen molar-refractivity contribution in [3.8, 4) is 39.3 Å². The smallest absolute Gasteiger partial charge is 0.179 e. The number of hydrogen-bond donors (Lipinski definition) is 0. The van der Waals surface area contributed by atoms with E-state index in [1.807, 2.05) is 133 Å². The highest BCUT2D eigenvalue weighted by atomic mass is 28.3. The highest BCUT2D eigenvalue weighted by Gasteiger charge is 2.41. The second kappa shape index (κ2) is 17.7. The molecule has 0 saturated heterocycles. The summed E-state index contributed by atoms with van der Waals surface area (Å²) in [6, 6.07) is 47.0. The normalized spacial score (nSPS) is 15.4. The van der Waals surface area contributed by atoms with Gasteiger partial charge in [0.25, 0.3) is 0 Å². The summed E-state index contributed by atoms with van der Waals surface area (Å²) in [7, 11) is -3.18. The Morgan fingerprint density at radius 2 is 0.711 bits per heavy atom. The van der Waals surface area contributed by atoms with Crippen LogP contribution in [0.1, 0.15) is 26.0 Å². The topological polar surface area (TPSA) is 14.8 Å². The van der Waals surface area contributed by atoms with Crippen LogP contribution in [0.25, 0.3) is 105 Å². The van der Waals surface area contributed by atoms with Gasteiger partial charge in [0.15, 0.2) is 8.07 Å². The first-order valence-corrected chi connectivity index (χ1v) is 26.7. The largest absolute Gasteiger partial charge is 0.309 e. The fourth-order valence-corrected chi connectivity index (χ4v) is 16.1. The van der Waals surface area contributed by atoms with Crippen LogP contribution < -0.4 is 20.7 Å². The van der Waals surface area contributed by atoms with Crippen LogP contribution in [0.3, 0.4) is 0 Å². The number of nitrogens with zero attached hydrogens (tertiary/aromatic N) is 3. The molecule has 0 aliphatic rings. The highest BCUT2D eigenvalue weighted by molar-refractivity contribution is 7.19. The fourth-order valence-electron chi connectivity index (χ4n) is 11.3. The third kappa shape index (κ3) is 6.81. The molecule has 0 aliphatic heterocycles. The van der Waals surface area contributed by atoms with Gasteiger partial charge in [0, 0.05) is 49.4 Å². The molecule has 0 atom stereocenters. The van der Waals surface area contributed by atoms with Crippen molar-refractivity contribution in [3.05, 3.63) is 297 Å². The van der Waals surface area contributed by atoms with Crippen molar-refractivity contribution in [2.24, 2.45) is 0 Å². The first-order valence-electron chi connectivity index (χ1n) is 34.2. The Kier molecular flexibility index (Phi) is 6.68. The van der Waals surface area contributed by atoms with E-state index < -0.39 is 161 Å². The third-order valence-electron chi connectivity index (χ3n) is 14.5. The summed E-state index contributed by atoms with van der Waals surface area (Å²) in [6.07, 6.45) is 0. The molecule has 0 bridgehead atoms. The van der Waals surface area contributed by atoms with Gasteiger partial charge in [-0.3, -0.25) is 0 Å². The lowest BCUT2D eigenvalue weighted by Crippen LogP contribution is -2.74. The van der Waals surface area contributed by atoms with Gasteiger partial charge in [-0.15, -0.1) is 0 Å². The molecule has 0 spiro atoms. The molecule has 0 aliphatic carbocycles. The zero-order valence-corrected chi connectivity index (χ0v) is 41.2. The van der Waals surface area contributed by atoms with E-state index in [9.17, 15) is 16.4 Å². The lowest BCUT2D eigenvalue weighted by atomic mass is 10.0. The Labute approximate surface area is 468 Å². The van der Waals surface area contributed by atoms with Crippen molar-refractivity contribution >= 4 is 94.2 Å². The molecule has 356 valence electrons. The van der Waals surface area contributed by atoms with Crippen LogP contribution >= 0.6 is 0 Å². The second-order valence-corrected chi connectivity index (χ2v) is 22.4. The van der Waals surface area contributed by atoms with Gasteiger partial charge < -0.3 is 13.7 Å². The monoisotopic (exact) mass is 1000 g/mol. The number of fused-ring (bicyclic) bond motifs is 9. The van der Waals surface area contributed by atoms with Gasteiger partial charge in [0.05, 0.1) is 59.1 Å². The number of hydrogen-bond acceptors (Lipinski definition) is 0. The number of benzene rings is 12. The van der Waals surface area contributed by atoms with Crippen molar-refractivity contribution in [2.45, 2.75) is 0 Å². The minimum atomic E-state index is -3.18. The van der Waals surface area contributed by atoms with Crippen LogP contribution in [0.5, 0.6) is 0 Å². The number of para-hydroxylation sites is 4. The zero-order chi connectivity index (χ0) is 66.7. The third-order valence-corrected chi connectivity index (χ3v) is 19.3. The fraction of sp³-hybridized carbons (Fsp3) is 0. The Bertz CT molecular complexity index is 5670. The summed E-state index contributed by atoms with van der Waals surface area (Å²) < 4.78 is 182. The van der Waals surface area contributed by atoms with Crippen LogP contribution in [-0.2, 0) is 0 Å². The quantitative estimate of drug-likeness (QED) is 0.101. The Hall–Kier alpha value is -9.74. The average molecular weight is 1000 g/mol. The predicted molar refractivity (Wildman–Crippen MR) is 324 cm³/mol. The van der Waals surface area contributed by atoms with Crippen molar-refractivity contribution in [2.75, 3.05) is 0 Å². The molecule has 0 fully saturated rings. The summed E-state index contributed by atoms with van der Waals surface area (Å²) in [6.45, 7) is 0. The summed E-state index contributed by atoms with van der Waals surface area (Å²) in [4.78, 5) is 0. The van der Waals surface area contributed by atoms with E-state index in [4.69, 9.17) is 9.60 Å². The lowest BCUT2D eigenvalue weighted by Gasteiger charge is -2.34. The van der Waals surface area contributed by atoms with Crippen LogP contribution in [0.2, 0.25) is 0 Å². The average Bonchev–Trinajstić information content (AvgIpc) is 1.53. The van der Waals surface area contributed by atoms with E-state index in [1.54, 1.807) is 0 Å². The minimum absolute atomic E-state index is 0.178. The molecule has 12 aromatic carbocycles. The Morgan fingerprint density at radius 3 is 1.30 bits per heavy atom. The molecule has 0 N–H and O–H groups in total. The molecule has 3 nitrogen and oxygen atoms in total. The predicted octanol–water partition coefficient (Wildman–Crippen LogP) is 15.7. The number of aromatic nitrogens is 3.